The van der Waals surface area contributed by atoms with Gasteiger partial charge in [0.2, 0.25) is 0 Å². The van der Waals surface area contributed by atoms with Gasteiger partial charge in [-0.15, -0.1) is 0 Å². The van der Waals surface area contributed by atoms with Crippen LogP contribution >= 0.6 is 23.4 Å². The Balaban J connectivity index is 1.08. The maximum Gasteiger partial charge on any atom is 0.251 e. The molecule has 6 nitrogen and oxygen atoms in total. The molecule has 4 aromatic rings. The molecule has 0 atom stereocenters. The van der Waals surface area contributed by atoms with E-state index in [0.29, 0.717) is 28.2 Å². The van der Waals surface area contributed by atoms with Gasteiger partial charge in [-0.25, -0.2) is 9.97 Å². The highest BCUT2D eigenvalue weighted by atomic mass is 35.5. The number of aromatic nitrogens is 2. The number of carbonyl (C=O) groups excluding carboxylic acids is 1. The highest BCUT2D eigenvalue weighted by Crippen LogP contribution is 2.25. The summed E-state index contributed by atoms with van der Waals surface area (Å²) in [6, 6.07) is 30.1. The van der Waals surface area contributed by atoms with E-state index >= 15 is 0 Å². The Morgan fingerprint density at radius 2 is 1.59 bits per heavy atom. The van der Waals surface area contributed by atoms with Crippen molar-refractivity contribution in [2.45, 2.75) is 17.3 Å². The first kappa shape index (κ1) is 28.9. The summed E-state index contributed by atoms with van der Waals surface area (Å²) in [5, 5.41) is 4.11. The second-order valence-corrected chi connectivity index (χ2v) is 11.2. The third-order valence-electron chi connectivity index (χ3n) is 6.96. The van der Waals surface area contributed by atoms with Crippen molar-refractivity contribution < 1.29 is 4.79 Å². The summed E-state index contributed by atoms with van der Waals surface area (Å²) in [6.45, 7) is 5.26. The van der Waals surface area contributed by atoms with Gasteiger partial charge in [-0.2, -0.15) is 0 Å². The number of anilines is 1. The summed E-state index contributed by atoms with van der Waals surface area (Å²) in [5.41, 5.74) is 4.18. The van der Waals surface area contributed by atoms with Gasteiger partial charge in [0, 0.05) is 56.7 Å². The van der Waals surface area contributed by atoms with Crippen molar-refractivity contribution in [2.24, 2.45) is 0 Å². The fourth-order valence-electron chi connectivity index (χ4n) is 4.64. The Kier molecular flexibility index (Phi) is 10.4. The molecule has 1 saturated heterocycles. The van der Waals surface area contributed by atoms with E-state index in [1.807, 2.05) is 54.6 Å². The zero-order chi connectivity index (χ0) is 28.3. The number of halogens is 1. The second kappa shape index (κ2) is 14.8. The van der Waals surface area contributed by atoms with Crippen LogP contribution in [0.5, 0.6) is 0 Å². The summed E-state index contributed by atoms with van der Waals surface area (Å²) < 4.78 is 0. The van der Waals surface area contributed by atoms with E-state index in [0.717, 1.165) is 50.5 Å². The van der Waals surface area contributed by atoms with Crippen LogP contribution in [0.2, 0.25) is 5.15 Å². The predicted molar refractivity (Wildman–Crippen MR) is 170 cm³/mol. The maximum atomic E-state index is 12.5. The third kappa shape index (κ3) is 8.92. The highest BCUT2D eigenvalue weighted by Gasteiger charge is 2.19. The van der Waals surface area contributed by atoms with Gasteiger partial charge in [-0.1, -0.05) is 108 Å². The number of hydrogen-bond donors (Lipinski definition) is 1. The maximum absolute atomic E-state index is 12.5. The van der Waals surface area contributed by atoms with Crippen LogP contribution in [0.15, 0.2) is 102 Å². The fraction of sp³-hybridized carbons (Fsp3) is 0.242. The van der Waals surface area contributed by atoms with Gasteiger partial charge in [0.25, 0.3) is 5.91 Å². The monoisotopic (exact) mass is 583 g/mol. The molecule has 0 radical (unpaired) electrons. The Morgan fingerprint density at radius 1 is 0.878 bits per heavy atom. The molecule has 1 N–H and O–H groups in total. The quantitative estimate of drug-likeness (QED) is 0.128. The van der Waals surface area contributed by atoms with Crippen molar-refractivity contribution in [2.75, 3.05) is 44.2 Å². The molecule has 1 amide bonds. The molecular weight excluding hydrogens is 550 g/mol. The SMILES string of the molecule is O=C(NCCc1ccccc1)c1ccc(CSc2nc(Cl)cc(N3CCN(CC=Cc4ccccc4)CC3)n2)cc1. The zero-order valence-electron chi connectivity index (χ0n) is 23.0. The smallest absolute Gasteiger partial charge is 0.251 e. The lowest BCUT2D eigenvalue weighted by Crippen LogP contribution is -2.46. The lowest BCUT2D eigenvalue weighted by Gasteiger charge is -2.35. The van der Waals surface area contributed by atoms with Crippen molar-refractivity contribution in [3.63, 3.8) is 0 Å². The van der Waals surface area contributed by atoms with Crippen LogP contribution in [0.4, 0.5) is 5.82 Å². The minimum Gasteiger partial charge on any atom is -0.354 e. The van der Waals surface area contributed by atoms with Gasteiger partial charge < -0.3 is 10.2 Å². The van der Waals surface area contributed by atoms with E-state index in [9.17, 15) is 4.79 Å². The first-order chi connectivity index (χ1) is 20.1. The molecule has 0 aliphatic carbocycles. The molecule has 3 aromatic carbocycles. The number of piperazine rings is 1. The highest BCUT2D eigenvalue weighted by molar-refractivity contribution is 7.98. The Labute approximate surface area is 251 Å². The number of rotatable bonds is 11. The first-order valence-electron chi connectivity index (χ1n) is 13.9. The molecule has 1 aliphatic heterocycles. The Bertz CT molecular complexity index is 1430. The molecule has 0 bridgehead atoms. The second-order valence-electron chi connectivity index (χ2n) is 9.91. The normalized spacial score (nSPS) is 13.9. The van der Waals surface area contributed by atoms with E-state index in [2.05, 4.69) is 68.7 Å². The van der Waals surface area contributed by atoms with Crippen LogP contribution in [-0.2, 0) is 12.2 Å². The predicted octanol–water partition coefficient (Wildman–Crippen LogP) is 6.23. The van der Waals surface area contributed by atoms with Crippen LogP contribution in [0.25, 0.3) is 6.08 Å². The number of hydrogen-bond acceptors (Lipinski definition) is 6. The molecule has 1 aromatic heterocycles. The van der Waals surface area contributed by atoms with Gasteiger partial charge in [0.05, 0.1) is 0 Å². The van der Waals surface area contributed by atoms with Gasteiger partial charge in [0.15, 0.2) is 5.16 Å². The number of thioether (sulfide) groups is 1. The van der Waals surface area contributed by atoms with E-state index < -0.39 is 0 Å². The number of carbonyl (C=O) groups is 1. The summed E-state index contributed by atoms with van der Waals surface area (Å²) in [5.74, 6) is 1.50. The average Bonchev–Trinajstić information content (AvgIpc) is 3.01. The molecule has 8 heteroatoms. The van der Waals surface area contributed by atoms with E-state index in [1.165, 1.54) is 11.1 Å². The Morgan fingerprint density at radius 3 is 2.32 bits per heavy atom. The molecule has 0 saturated carbocycles. The molecule has 0 spiro atoms. The molecule has 5 rings (SSSR count). The molecule has 1 fully saturated rings. The summed E-state index contributed by atoms with van der Waals surface area (Å²) in [7, 11) is 0. The topological polar surface area (TPSA) is 61.4 Å². The minimum absolute atomic E-state index is 0.0599. The van der Waals surface area contributed by atoms with Crippen LogP contribution in [0, 0.1) is 0 Å². The zero-order valence-corrected chi connectivity index (χ0v) is 24.5. The van der Waals surface area contributed by atoms with Gasteiger partial charge in [-0.3, -0.25) is 9.69 Å². The molecular formula is C33H34ClN5OS. The minimum atomic E-state index is -0.0599. The number of nitrogens with zero attached hydrogens (tertiary/aromatic N) is 4. The van der Waals surface area contributed by atoms with Crippen molar-refractivity contribution in [3.8, 4) is 0 Å². The third-order valence-corrected chi connectivity index (χ3v) is 8.07. The van der Waals surface area contributed by atoms with Crippen LogP contribution < -0.4 is 10.2 Å². The summed E-state index contributed by atoms with van der Waals surface area (Å²) in [4.78, 5) is 26.5. The van der Waals surface area contributed by atoms with Crippen molar-refractivity contribution in [3.05, 3.63) is 124 Å². The van der Waals surface area contributed by atoms with E-state index in [4.69, 9.17) is 16.6 Å². The number of nitrogens with one attached hydrogen (secondary N) is 1. The van der Waals surface area contributed by atoms with Gasteiger partial charge in [-0.05, 0) is 35.2 Å². The number of amides is 1. The molecule has 0 unspecified atom stereocenters. The lowest BCUT2D eigenvalue weighted by molar-refractivity contribution is 0.0954. The standard InChI is InChI=1S/C33H34ClN5OS/c34-30-24-31(39-22-20-38(21-23-39)19-7-12-26-8-3-1-4-9-26)37-33(36-30)41-25-28-13-15-29(16-14-28)32(40)35-18-17-27-10-5-2-6-11-27/h1-16,24H,17-23,25H2,(H,35,40). The van der Waals surface area contributed by atoms with Crippen molar-refractivity contribution in [1.29, 1.82) is 0 Å². The lowest BCUT2D eigenvalue weighted by atomic mass is 10.1. The fourth-order valence-corrected chi connectivity index (χ4v) is 5.68. The van der Waals surface area contributed by atoms with Crippen LogP contribution in [0.3, 0.4) is 0 Å². The summed E-state index contributed by atoms with van der Waals surface area (Å²) >= 11 is 7.94. The van der Waals surface area contributed by atoms with Crippen LogP contribution in [-0.4, -0.2) is 60.0 Å². The van der Waals surface area contributed by atoms with Gasteiger partial charge >= 0.3 is 0 Å². The van der Waals surface area contributed by atoms with E-state index in [-0.39, 0.29) is 5.91 Å². The van der Waals surface area contributed by atoms with Crippen molar-refractivity contribution >= 4 is 41.2 Å². The number of benzene rings is 3. The molecule has 210 valence electrons. The van der Waals surface area contributed by atoms with E-state index in [1.54, 1.807) is 11.8 Å². The van der Waals surface area contributed by atoms with Gasteiger partial charge in [0.1, 0.15) is 11.0 Å². The molecule has 1 aliphatic rings. The van der Waals surface area contributed by atoms with Crippen LogP contribution in [0.1, 0.15) is 27.0 Å². The Hall–Kier alpha value is -3.65. The molecule has 2 heterocycles. The largest absolute Gasteiger partial charge is 0.354 e. The summed E-state index contributed by atoms with van der Waals surface area (Å²) in [6.07, 6.45) is 5.21. The molecule has 41 heavy (non-hydrogen) atoms. The van der Waals surface area contributed by atoms with Crippen molar-refractivity contribution in [1.82, 2.24) is 20.2 Å². The average molecular weight is 584 g/mol. The first-order valence-corrected chi connectivity index (χ1v) is 15.3.